The summed E-state index contributed by atoms with van der Waals surface area (Å²) in [6.45, 7) is 1.27. The average Bonchev–Trinajstić information content (AvgIpc) is 3.24. The predicted molar refractivity (Wildman–Crippen MR) is 70.7 cm³/mol. The van der Waals surface area contributed by atoms with E-state index in [0.717, 1.165) is 12.8 Å². The smallest absolute Gasteiger partial charge is 0.207 e. The maximum atomic E-state index is 12.4. The maximum Gasteiger partial charge on any atom is 0.243 e. The molecule has 1 aromatic carbocycles. The molecule has 1 aliphatic carbocycles. The summed E-state index contributed by atoms with van der Waals surface area (Å²) >= 11 is 0. The summed E-state index contributed by atoms with van der Waals surface area (Å²) in [5.74, 6) is 0. The first-order valence-corrected chi connectivity index (χ1v) is 7.87. The third-order valence-corrected chi connectivity index (χ3v) is 5.62. The van der Waals surface area contributed by atoms with Gasteiger partial charge in [0.15, 0.2) is 0 Å². The number of piperidine rings is 1. The third-order valence-electron chi connectivity index (χ3n) is 3.71. The highest BCUT2D eigenvalue weighted by molar-refractivity contribution is 7.89. The molecular formula is C14H17NO2S. The van der Waals surface area contributed by atoms with Crippen LogP contribution in [0.5, 0.6) is 0 Å². The van der Waals surface area contributed by atoms with Gasteiger partial charge in [0, 0.05) is 13.1 Å². The fraction of sp³-hybridized carbons (Fsp3) is 0.429. The van der Waals surface area contributed by atoms with Crippen LogP contribution >= 0.6 is 0 Å². The molecule has 3 nitrogen and oxygen atoms in total. The minimum atomic E-state index is -3.28. The van der Waals surface area contributed by atoms with Gasteiger partial charge in [-0.1, -0.05) is 29.3 Å². The van der Waals surface area contributed by atoms with E-state index in [1.165, 1.54) is 18.4 Å². The lowest BCUT2D eigenvalue weighted by Crippen LogP contribution is -2.36. The molecule has 2 aliphatic rings. The maximum absolute atomic E-state index is 12.4. The Kier molecular flexibility index (Phi) is 2.99. The molecule has 1 saturated carbocycles. The van der Waals surface area contributed by atoms with Crippen LogP contribution in [0.3, 0.4) is 0 Å². The Morgan fingerprint density at radius 1 is 0.833 bits per heavy atom. The number of rotatable bonds is 2. The van der Waals surface area contributed by atoms with Gasteiger partial charge in [0.25, 0.3) is 0 Å². The van der Waals surface area contributed by atoms with E-state index in [9.17, 15) is 8.42 Å². The van der Waals surface area contributed by atoms with Gasteiger partial charge in [-0.05, 0) is 37.8 Å². The summed E-state index contributed by atoms with van der Waals surface area (Å²) in [5.41, 5.74) is 3.08. The van der Waals surface area contributed by atoms with Crippen LogP contribution in [0.2, 0.25) is 0 Å². The number of hydrogen-bond acceptors (Lipinski definition) is 2. The minimum Gasteiger partial charge on any atom is -0.207 e. The van der Waals surface area contributed by atoms with Gasteiger partial charge in [-0.2, -0.15) is 4.31 Å². The van der Waals surface area contributed by atoms with Gasteiger partial charge in [-0.15, -0.1) is 0 Å². The van der Waals surface area contributed by atoms with Crippen LogP contribution in [0.4, 0.5) is 0 Å². The van der Waals surface area contributed by atoms with E-state index in [1.807, 2.05) is 6.07 Å². The normalized spacial score (nSPS) is 21.1. The molecule has 1 aromatic rings. The van der Waals surface area contributed by atoms with Crippen LogP contribution in [-0.2, 0) is 10.0 Å². The van der Waals surface area contributed by atoms with Gasteiger partial charge in [0.05, 0.1) is 4.90 Å². The second kappa shape index (κ2) is 4.52. The Labute approximate surface area is 108 Å². The number of sulfonamides is 1. The summed E-state index contributed by atoms with van der Waals surface area (Å²) < 4.78 is 26.4. The van der Waals surface area contributed by atoms with E-state index < -0.39 is 10.0 Å². The molecule has 18 heavy (non-hydrogen) atoms. The molecule has 0 atom stereocenters. The Balaban J connectivity index is 1.78. The van der Waals surface area contributed by atoms with Crippen LogP contribution in [0, 0.1) is 0 Å². The molecule has 1 saturated heterocycles. The summed E-state index contributed by atoms with van der Waals surface area (Å²) in [7, 11) is -3.28. The molecule has 1 aliphatic heterocycles. The predicted octanol–water partition coefficient (Wildman–Crippen LogP) is 2.56. The van der Waals surface area contributed by atoms with Crippen LogP contribution in [-0.4, -0.2) is 25.8 Å². The first-order chi connectivity index (χ1) is 8.68. The Bertz CT molecular complexity index is 559. The number of hydrogen-bond donors (Lipinski definition) is 0. The van der Waals surface area contributed by atoms with Crippen molar-refractivity contribution in [2.45, 2.75) is 30.6 Å². The third kappa shape index (κ3) is 2.22. The second-order valence-electron chi connectivity index (χ2n) is 4.92. The van der Waals surface area contributed by atoms with Crippen molar-refractivity contribution in [1.29, 1.82) is 0 Å². The zero-order valence-electron chi connectivity index (χ0n) is 10.3. The molecule has 1 heterocycles. The highest BCUT2D eigenvalue weighted by Crippen LogP contribution is 2.36. The summed E-state index contributed by atoms with van der Waals surface area (Å²) in [5, 5.41) is 0. The molecule has 0 N–H and O–H groups in total. The van der Waals surface area contributed by atoms with Crippen molar-refractivity contribution in [3.05, 3.63) is 41.5 Å². The Hall–Kier alpha value is -1.13. The minimum absolute atomic E-state index is 0.410. The van der Waals surface area contributed by atoms with Crippen molar-refractivity contribution < 1.29 is 8.42 Å². The van der Waals surface area contributed by atoms with E-state index in [4.69, 9.17) is 0 Å². The molecule has 3 rings (SSSR count). The average molecular weight is 263 g/mol. The highest BCUT2D eigenvalue weighted by Gasteiger charge is 2.29. The standard InChI is InChI=1S/C14H17NO2S/c16-18(17,14-4-2-1-3-5-14)15-10-8-13(9-11-15)12-6-7-12/h1-5H,6-11H2. The Morgan fingerprint density at radius 3 is 1.94 bits per heavy atom. The molecule has 0 spiro atoms. The highest BCUT2D eigenvalue weighted by atomic mass is 32.2. The molecule has 0 aromatic heterocycles. The SMILES string of the molecule is O=S(=O)(c1ccccc1)N1CCC(=C2CC2)CC1. The van der Waals surface area contributed by atoms with Gasteiger partial charge < -0.3 is 0 Å². The van der Waals surface area contributed by atoms with E-state index in [-0.39, 0.29) is 0 Å². The van der Waals surface area contributed by atoms with Gasteiger partial charge >= 0.3 is 0 Å². The molecule has 0 amide bonds. The van der Waals surface area contributed by atoms with Crippen LogP contribution in [0.15, 0.2) is 46.4 Å². The molecule has 4 heteroatoms. The first kappa shape index (κ1) is 11.9. The van der Waals surface area contributed by atoms with Gasteiger partial charge in [-0.3, -0.25) is 0 Å². The Morgan fingerprint density at radius 2 is 1.39 bits per heavy atom. The zero-order chi connectivity index (χ0) is 12.6. The fourth-order valence-electron chi connectivity index (χ4n) is 2.51. The number of nitrogens with zero attached hydrogens (tertiary/aromatic N) is 1. The topological polar surface area (TPSA) is 37.4 Å². The molecule has 2 fully saturated rings. The van der Waals surface area contributed by atoms with Crippen molar-refractivity contribution in [3.63, 3.8) is 0 Å². The quantitative estimate of drug-likeness (QED) is 0.769. The van der Waals surface area contributed by atoms with Gasteiger partial charge in [0.1, 0.15) is 0 Å². The van der Waals surface area contributed by atoms with E-state index >= 15 is 0 Å². The van der Waals surface area contributed by atoms with E-state index in [0.29, 0.717) is 18.0 Å². The fourth-order valence-corrected chi connectivity index (χ4v) is 3.97. The van der Waals surface area contributed by atoms with E-state index in [2.05, 4.69) is 0 Å². The van der Waals surface area contributed by atoms with Crippen LogP contribution in [0.1, 0.15) is 25.7 Å². The number of benzene rings is 1. The second-order valence-corrected chi connectivity index (χ2v) is 6.86. The van der Waals surface area contributed by atoms with Crippen molar-refractivity contribution in [3.8, 4) is 0 Å². The molecule has 0 bridgehead atoms. The first-order valence-electron chi connectivity index (χ1n) is 6.43. The molecular weight excluding hydrogens is 246 g/mol. The van der Waals surface area contributed by atoms with Crippen molar-refractivity contribution in [1.82, 2.24) is 4.31 Å². The van der Waals surface area contributed by atoms with Crippen molar-refractivity contribution in [2.75, 3.05) is 13.1 Å². The van der Waals surface area contributed by atoms with E-state index in [1.54, 1.807) is 34.1 Å². The molecule has 0 radical (unpaired) electrons. The zero-order valence-corrected chi connectivity index (χ0v) is 11.1. The van der Waals surface area contributed by atoms with Gasteiger partial charge in [0.2, 0.25) is 10.0 Å². The lowest BCUT2D eigenvalue weighted by Gasteiger charge is -2.27. The summed E-state index contributed by atoms with van der Waals surface area (Å²) in [4.78, 5) is 0.410. The lowest BCUT2D eigenvalue weighted by atomic mass is 10.1. The summed E-state index contributed by atoms with van der Waals surface area (Å²) in [6, 6.07) is 8.72. The van der Waals surface area contributed by atoms with Crippen LogP contribution in [0.25, 0.3) is 0 Å². The summed E-state index contributed by atoms with van der Waals surface area (Å²) in [6.07, 6.45) is 4.31. The lowest BCUT2D eigenvalue weighted by molar-refractivity contribution is 0.386. The molecule has 96 valence electrons. The van der Waals surface area contributed by atoms with Gasteiger partial charge in [-0.25, -0.2) is 8.42 Å². The van der Waals surface area contributed by atoms with Crippen molar-refractivity contribution >= 4 is 10.0 Å². The monoisotopic (exact) mass is 263 g/mol. The van der Waals surface area contributed by atoms with Crippen molar-refractivity contribution in [2.24, 2.45) is 0 Å². The van der Waals surface area contributed by atoms with Crippen LogP contribution < -0.4 is 0 Å². The molecule has 0 unspecified atom stereocenters. The largest absolute Gasteiger partial charge is 0.243 e. The number of allylic oxidation sites excluding steroid dienone is 1.